The Morgan fingerprint density at radius 3 is 2.23 bits per heavy atom. The topological polar surface area (TPSA) is 64.8 Å². The summed E-state index contributed by atoms with van der Waals surface area (Å²) in [7, 11) is 0. The first kappa shape index (κ1) is 22.8. The molecule has 31 heavy (non-hydrogen) atoms. The molecule has 3 aromatic rings. The van der Waals surface area contributed by atoms with E-state index in [2.05, 4.69) is 31.0 Å². The third-order valence-corrected chi connectivity index (χ3v) is 5.51. The molecule has 164 valence electrons. The number of benzene rings is 3. The standard InChI is InChI=1S/C25H30N2O3S/c26-25(28)27(31)21-13-10-14-22(19-21)29-17-7-3-1-2-4-8-18-30-24-16-9-12-20-11-5-6-15-23(20)24/h5-6,9-16,19,31H,1-4,7-8,17-18H2,(H2,26,28). The van der Waals surface area contributed by atoms with E-state index in [0.717, 1.165) is 35.9 Å². The molecule has 5 nitrogen and oxygen atoms in total. The van der Waals surface area contributed by atoms with Gasteiger partial charge in [-0.25, -0.2) is 9.10 Å². The molecule has 0 aliphatic carbocycles. The van der Waals surface area contributed by atoms with Gasteiger partial charge in [0, 0.05) is 11.5 Å². The van der Waals surface area contributed by atoms with Gasteiger partial charge in [-0.1, -0.05) is 81.0 Å². The number of thiol groups is 1. The van der Waals surface area contributed by atoms with Crippen molar-refractivity contribution in [1.29, 1.82) is 0 Å². The van der Waals surface area contributed by atoms with Crippen molar-refractivity contribution < 1.29 is 14.3 Å². The Hall–Kier alpha value is -2.86. The van der Waals surface area contributed by atoms with Crippen LogP contribution in [0.2, 0.25) is 0 Å². The number of urea groups is 1. The maximum atomic E-state index is 11.2. The van der Waals surface area contributed by atoms with Gasteiger partial charge in [0.15, 0.2) is 0 Å². The number of rotatable bonds is 12. The fourth-order valence-corrected chi connectivity index (χ4v) is 3.56. The highest BCUT2D eigenvalue weighted by molar-refractivity contribution is 7.82. The molecule has 0 aromatic heterocycles. The zero-order valence-electron chi connectivity index (χ0n) is 17.7. The summed E-state index contributed by atoms with van der Waals surface area (Å²) in [6.07, 6.45) is 6.73. The number of fused-ring (bicyclic) bond motifs is 1. The van der Waals surface area contributed by atoms with Crippen LogP contribution in [0.25, 0.3) is 10.8 Å². The fraction of sp³-hybridized carbons (Fsp3) is 0.320. The van der Waals surface area contributed by atoms with Crippen molar-refractivity contribution in [2.24, 2.45) is 5.73 Å². The van der Waals surface area contributed by atoms with Crippen LogP contribution in [-0.2, 0) is 0 Å². The monoisotopic (exact) mass is 438 g/mol. The van der Waals surface area contributed by atoms with Crippen molar-refractivity contribution in [1.82, 2.24) is 0 Å². The lowest BCUT2D eigenvalue weighted by Gasteiger charge is -2.14. The van der Waals surface area contributed by atoms with Crippen LogP contribution in [0.5, 0.6) is 11.5 Å². The average Bonchev–Trinajstić information content (AvgIpc) is 2.80. The number of carbonyl (C=O) groups is 1. The number of anilines is 1. The van der Waals surface area contributed by atoms with Crippen LogP contribution in [0, 0.1) is 0 Å². The molecule has 2 amide bonds. The van der Waals surface area contributed by atoms with Crippen LogP contribution in [-0.4, -0.2) is 19.2 Å². The van der Waals surface area contributed by atoms with Crippen LogP contribution >= 0.6 is 12.8 Å². The normalized spacial score (nSPS) is 10.7. The maximum Gasteiger partial charge on any atom is 0.329 e. The molecule has 2 N–H and O–H groups in total. The average molecular weight is 439 g/mol. The third-order valence-electron chi connectivity index (χ3n) is 5.09. The smallest absolute Gasteiger partial charge is 0.329 e. The molecule has 0 atom stereocenters. The minimum Gasteiger partial charge on any atom is -0.494 e. The molecule has 0 saturated heterocycles. The third kappa shape index (κ3) is 7.10. The number of nitrogens with two attached hydrogens (primary N) is 1. The Morgan fingerprint density at radius 2 is 1.45 bits per heavy atom. The lowest BCUT2D eigenvalue weighted by atomic mass is 10.1. The molecule has 3 rings (SSSR count). The number of amides is 2. The quantitative estimate of drug-likeness (QED) is 0.255. The van der Waals surface area contributed by atoms with E-state index in [1.165, 1.54) is 30.0 Å². The highest BCUT2D eigenvalue weighted by atomic mass is 32.1. The zero-order chi connectivity index (χ0) is 21.9. The summed E-state index contributed by atoms with van der Waals surface area (Å²) in [4.78, 5) is 11.2. The summed E-state index contributed by atoms with van der Waals surface area (Å²) in [6.45, 7) is 1.40. The molecule has 0 unspecified atom stereocenters. The predicted octanol–water partition coefficient (Wildman–Crippen LogP) is 6.37. The SMILES string of the molecule is NC(=O)N(S)c1cccc(OCCCCCCCCOc2cccc3ccccc23)c1. The van der Waals surface area contributed by atoms with Gasteiger partial charge in [-0.05, 0) is 36.4 Å². The Balaban J connectivity index is 1.25. The molecule has 6 heteroatoms. The van der Waals surface area contributed by atoms with Gasteiger partial charge in [0.05, 0.1) is 18.9 Å². The van der Waals surface area contributed by atoms with E-state index in [9.17, 15) is 4.79 Å². The van der Waals surface area contributed by atoms with Crippen LogP contribution in [0.4, 0.5) is 10.5 Å². The van der Waals surface area contributed by atoms with E-state index in [1.807, 2.05) is 36.4 Å². The molecular formula is C25H30N2O3S. The first-order chi connectivity index (χ1) is 15.1. The van der Waals surface area contributed by atoms with Crippen LogP contribution in [0.1, 0.15) is 38.5 Å². The molecule has 0 spiro atoms. The highest BCUT2D eigenvalue weighted by Gasteiger charge is 2.08. The van der Waals surface area contributed by atoms with Gasteiger partial charge in [0.2, 0.25) is 0 Å². The molecule has 0 fully saturated rings. The number of unbranched alkanes of at least 4 members (excludes halogenated alkanes) is 5. The number of ether oxygens (including phenoxy) is 2. The second kappa shape index (κ2) is 12.1. The number of nitrogens with zero attached hydrogens (tertiary/aromatic N) is 1. The van der Waals surface area contributed by atoms with Gasteiger partial charge in [-0.2, -0.15) is 0 Å². The second-order valence-electron chi connectivity index (χ2n) is 7.44. The molecule has 0 heterocycles. The van der Waals surface area contributed by atoms with Crippen molar-refractivity contribution in [3.8, 4) is 11.5 Å². The first-order valence-electron chi connectivity index (χ1n) is 10.8. The van der Waals surface area contributed by atoms with Gasteiger partial charge in [-0.3, -0.25) is 0 Å². The summed E-state index contributed by atoms with van der Waals surface area (Å²) < 4.78 is 12.9. The number of primary amides is 1. The van der Waals surface area contributed by atoms with Crippen LogP contribution in [0.3, 0.4) is 0 Å². The summed E-state index contributed by atoms with van der Waals surface area (Å²) >= 11 is 4.06. The molecular weight excluding hydrogens is 408 g/mol. The summed E-state index contributed by atoms with van der Waals surface area (Å²) in [5.74, 6) is 1.68. The van der Waals surface area contributed by atoms with Gasteiger partial charge in [-0.15, -0.1) is 0 Å². The zero-order valence-corrected chi connectivity index (χ0v) is 18.6. The van der Waals surface area contributed by atoms with E-state index in [1.54, 1.807) is 12.1 Å². The van der Waals surface area contributed by atoms with Gasteiger partial charge < -0.3 is 15.2 Å². The lowest BCUT2D eigenvalue weighted by molar-refractivity contribution is 0.257. The van der Waals surface area contributed by atoms with Gasteiger partial charge in [0.1, 0.15) is 11.5 Å². The Labute approximate surface area is 189 Å². The minimum absolute atomic E-state index is 0.596. The van der Waals surface area contributed by atoms with Crippen molar-refractivity contribution in [2.45, 2.75) is 38.5 Å². The largest absolute Gasteiger partial charge is 0.494 e. The molecule has 3 aromatic carbocycles. The van der Waals surface area contributed by atoms with Crippen LogP contribution < -0.4 is 19.5 Å². The van der Waals surface area contributed by atoms with Crippen molar-refractivity contribution in [2.75, 3.05) is 17.5 Å². The molecule has 0 aliphatic rings. The summed E-state index contributed by atoms with van der Waals surface area (Å²) in [6, 6.07) is 21.1. The van der Waals surface area contributed by atoms with Gasteiger partial charge >= 0.3 is 6.03 Å². The minimum atomic E-state index is -0.622. The van der Waals surface area contributed by atoms with E-state index in [4.69, 9.17) is 15.2 Å². The number of hydrogen-bond acceptors (Lipinski definition) is 4. The number of carbonyl (C=O) groups excluding carboxylic acids is 1. The van der Waals surface area contributed by atoms with Gasteiger partial charge in [0.25, 0.3) is 0 Å². The lowest BCUT2D eigenvalue weighted by Crippen LogP contribution is -2.27. The van der Waals surface area contributed by atoms with E-state index in [0.29, 0.717) is 18.0 Å². The Bertz CT molecular complexity index is 974. The molecule has 0 aliphatic heterocycles. The van der Waals surface area contributed by atoms with E-state index >= 15 is 0 Å². The molecule has 0 bridgehead atoms. The fourth-order valence-electron chi connectivity index (χ4n) is 3.44. The summed E-state index contributed by atoms with van der Waals surface area (Å²) in [5, 5.41) is 2.39. The summed E-state index contributed by atoms with van der Waals surface area (Å²) in [5.41, 5.74) is 5.83. The molecule has 0 saturated carbocycles. The van der Waals surface area contributed by atoms with Crippen molar-refractivity contribution >= 4 is 35.3 Å². The Morgan fingerprint density at radius 1 is 0.806 bits per heavy atom. The first-order valence-corrected chi connectivity index (χ1v) is 11.2. The van der Waals surface area contributed by atoms with E-state index in [-0.39, 0.29) is 0 Å². The second-order valence-corrected chi connectivity index (χ2v) is 7.84. The maximum absolute atomic E-state index is 11.2. The predicted molar refractivity (Wildman–Crippen MR) is 130 cm³/mol. The number of hydrogen-bond donors (Lipinski definition) is 2. The Kier molecular flexibility index (Phi) is 8.91. The highest BCUT2D eigenvalue weighted by Crippen LogP contribution is 2.25. The molecule has 0 radical (unpaired) electrons. The van der Waals surface area contributed by atoms with Crippen molar-refractivity contribution in [3.63, 3.8) is 0 Å². The van der Waals surface area contributed by atoms with Crippen molar-refractivity contribution in [3.05, 3.63) is 66.7 Å². The van der Waals surface area contributed by atoms with E-state index < -0.39 is 6.03 Å². The van der Waals surface area contributed by atoms with Crippen LogP contribution in [0.15, 0.2) is 66.7 Å².